The lowest BCUT2D eigenvalue weighted by molar-refractivity contribution is 0.398. The third-order valence-electron chi connectivity index (χ3n) is 3.54. The molecule has 8 nitrogen and oxygen atoms in total. The van der Waals surface area contributed by atoms with Crippen molar-refractivity contribution in [3.05, 3.63) is 61.2 Å². The lowest BCUT2D eigenvalue weighted by Crippen LogP contribution is -2.00. The largest absolute Gasteiger partial charge is 0.481 e. The summed E-state index contributed by atoms with van der Waals surface area (Å²) in [5, 5.41) is 12.5. The highest BCUT2D eigenvalue weighted by Crippen LogP contribution is 2.21. The molecule has 0 aliphatic rings. The number of hydrogen-bond acceptors (Lipinski definition) is 7. The van der Waals surface area contributed by atoms with Crippen LogP contribution >= 0.6 is 0 Å². The van der Waals surface area contributed by atoms with Gasteiger partial charge in [0.2, 0.25) is 11.7 Å². The molecule has 0 amide bonds. The minimum atomic E-state index is 0.456. The summed E-state index contributed by atoms with van der Waals surface area (Å²) < 4.78 is 5.08. The van der Waals surface area contributed by atoms with Crippen molar-refractivity contribution < 1.29 is 4.74 Å². The molecule has 0 N–H and O–H groups in total. The van der Waals surface area contributed by atoms with E-state index in [1.807, 2.05) is 30.3 Å². The fraction of sp³-hybridized carbons (Fsp3) is 0.0588. The van der Waals surface area contributed by atoms with E-state index < -0.39 is 0 Å². The maximum Gasteiger partial charge on any atom is 0.223 e. The van der Waals surface area contributed by atoms with E-state index in [2.05, 4.69) is 30.4 Å². The molecule has 122 valence electrons. The van der Waals surface area contributed by atoms with Crippen LogP contribution in [0.1, 0.15) is 0 Å². The second-order valence-corrected chi connectivity index (χ2v) is 5.14. The van der Waals surface area contributed by atoms with Gasteiger partial charge in [0.1, 0.15) is 11.4 Å². The Morgan fingerprint density at radius 2 is 1.92 bits per heavy atom. The van der Waals surface area contributed by atoms with Gasteiger partial charge in [0.05, 0.1) is 13.3 Å². The molecule has 0 fully saturated rings. The first-order valence-corrected chi connectivity index (χ1v) is 7.51. The van der Waals surface area contributed by atoms with Gasteiger partial charge in [0.25, 0.3) is 0 Å². The molecule has 0 aliphatic carbocycles. The van der Waals surface area contributed by atoms with Gasteiger partial charge in [-0.25, -0.2) is 4.98 Å². The van der Waals surface area contributed by atoms with Crippen molar-refractivity contribution in [1.82, 2.24) is 35.2 Å². The van der Waals surface area contributed by atoms with Crippen LogP contribution in [0.15, 0.2) is 61.2 Å². The lowest BCUT2D eigenvalue weighted by atomic mass is 10.1. The average molecular weight is 331 g/mol. The molecular weight excluding hydrogens is 318 g/mol. The van der Waals surface area contributed by atoms with E-state index in [1.54, 1.807) is 38.0 Å². The van der Waals surface area contributed by atoms with Crippen molar-refractivity contribution in [1.29, 1.82) is 0 Å². The van der Waals surface area contributed by atoms with E-state index in [-0.39, 0.29) is 0 Å². The maximum absolute atomic E-state index is 5.08. The maximum atomic E-state index is 5.08. The van der Waals surface area contributed by atoms with Crippen LogP contribution in [0.5, 0.6) is 5.88 Å². The number of aromatic nitrogens is 7. The van der Waals surface area contributed by atoms with Gasteiger partial charge in [0.15, 0.2) is 0 Å². The van der Waals surface area contributed by atoms with E-state index in [0.717, 1.165) is 11.1 Å². The molecular formula is C17H13N7O. The summed E-state index contributed by atoms with van der Waals surface area (Å²) in [6.07, 6.45) is 6.84. The third kappa shape index (κ3) is 3.05. The molecule has 4 heterocycles. The molecule has 0 saturated heterocycles. The van der Waals surface area contributed by atoms with Gasteiger partial charge in [-0.1, -0.05) is 6.07 Å². The van der Waals surface area contributed by atoms with E-state index in [9.17, 15) is 0 Å². The van der Waals surface area contributed by atoms with E-state index in [0.29, 0.717) is 23.1 Å². The zero-order valence-electron chi connectivity index (χ0n) is 13.3. The summed E-state index contributed by atoms with van der Waals surface area (Å²) in [4.78, 5) is 14.1. The standard InChI is InChI=1S/C17H13N7O/c1-25-16-6-5-12(10-20-16)13-8-14(11-18-9-13)24-22-17(21-23-24)15-4-2-3-7-19-15/h2-11H,1H3. The number of nitrogens with zero attached hydrogens (tertiary/aromatic N) is 7. The van der Waals surface area contributed by atoms with Crippen molar-refractivity contribution in [3.8, 4) is 34.2 Å². The second kappa shape index (κ2) is 6.44. The summed E-state index contributed by atoms with van der Waals surface area (Å²) in [7, 11) is 1.58. The fourth-order valence-electron chi connectivity index (χ4n) is 2.29. The molecule has 0 spiro atoms. The minimum absolute atomic E-state index is 0.456. The SMILES string of the molecule is COc1ccc(-c2cncc(-n3nnc(-c4ccccn4)n3)c2)cn1. The van der Waals surface area contributed by atoms with Crippen molar-refractivity contribution in [3.63, 3.8) is 0 Å². The fourth-order valence-corrected chi connectivity index (χ4v) is 2.29. The monoisotopic (exact) mass is 331 g/mol. The van der Waals surface area contributed by atoms with Gasteiger partial charge in [-0.2, -0.15) is 0 Å². The Balaban J connectivity index is 1.66. The first-order chi connectivity index (χ1) is 12.3. The molecule has 25 heavy (non-hydrogen) atoms. The Hall–Kier alpha value is -3.68. The highest BCUT2D eigenvalue weighted by molar-refractivity contribution is 5.64. The highest BCUT2D eigenvalue weighted by Gasteiger charge is 2.09. The zero-order valence-corrected chi connectivity index (χ0v) is 13.3. The Labute approximate surface area is 143 Å². The molecule has 4 aromatic heterocycles. The van der Waals surface area contributed by atoms with Crippen LogP contribution in [0.25, 0.3) is 28.3 Å². The molecule has 0 atom stereocenters. The van der Waals surface area contributed by atoms with Crippen LogP contribution in [0, 0.1) is 0 Å². The molecule has 0 aliphatic heterocycles. The van der Waals surface area contributed by atoms with Gasteiger partial charge in [-0.3, -0.25) is 9.97 Å². The average Bonchev–Trinajstić information content (AvgIpc) is 3.19. The highest BCUT2D eigenvalue weighted by atomic mass is 16.5. The molecule has 0 saturated carbocycles. The van der Waals surface area contributed by atoms with Crippen LogP contribution < -0.4 is 4.74 Å². The summed E-state index contributed by atoms with van der Waals surface area (Å²) in [5.41, 5.74) is 3.17. The Morgan fingerprint density at radius 3 is 2.68 bits per heavy atom. The normalized spacial score (nSPS) is 10.6. The second-order valence-electron chi connectivity index (χ2n) is 5.14. The van der Waals surface area contributed by atoms with Crippen molar-refractivity contribution >= 4 is 0 Å². The van der Waals surface area contributed by atoms with Gasteiger partial charge >= 0.3 is 0 Å². The minimum Gasteiger partial charge on any atom is -0.481 e. The van der Waals surface area contributed by atoms with E-state index >= 15 is 0 Å². The van der Waals surface area contributed by atoms with Gasteiger partial charge in [-0.05, 0) is 29.5 Å². The molecule has 8 heteroatoms. The van der Waals surface area contributed by atoms with Crippen molar-refractivity contribution in [2.45, 2.75) is 0 Å². The van der Waals surface area contributed by atoms with E-state index in [1.165, 1.54) is 4.80 Å². The Kier molecular flexibility index (Phi) is 3.83. The van der Waals surface area contributed by atoms with Gasteiger partial charge < -0.3 is 4.74 Å². The quantitative estimate of drug-likeness (QED) is 0.566. The van der Waals surface area contributed by atoms with Gasteiger partial charge in [-0.15, -0.1) is 15.0 Å². The number of methoxy groups -OCH3 is 1. The third-order valence-corrected chi connectivity index (χ3v) is 3.54. The first kappa shape index (κ1) is 14.9. The predicted octanol–water partition coefficient (Wildman–Crippen LogP) is 2.19. The summed E-state index contributed by atoms with van der Waals surface area (Å²) >= 11 is 0. The number of rotatable bonds is 4. The van der Waals surface area contributed by atoms with E-state index in [4.69, 9.17) is 4.74 Å². The number of tetrazole rings is 1. The lowest BCUT2D eigenvalue weighted by Gasteiger charge is -2.04. The number of ether oxygens (including phenoxy) is 1. The molecule has 0 bridgehead atoms. The topological polar surface area (TPSA) is 91.5 Å². The molecule has 4 rings (SSSR count). The van der Waals surface area contributed by atoms with Crippen LogP contribution in [0.4, 0.5) is 0 Å². The molecule has 0 radical (unpaired) electrons. The summed E-state index contributed by atoms with van der Waals surface area (Å²) in [6.45, 7) is 0. The molecule has 4 aromatic rings. The number of hydrogen-bond donors (Lipinski definition) is 0. The number of pyridine rings is 3. The molecule has 0 aromatic carbocycles. The summed E-state index contributed by atoms with van der Waals surface area (Å²) in [6, 6.07) is 11.2. The van der Waals surface area contributed by atoms with Crippen LogP contribution in [0.3, 0.4) is 0 Å². The Bertz CT molecular complexity index is 983. The van der Waals surface area contributed by atoms with Crippen LogP contribution in [0.2, 0.25) is 0 Å². The van der Waals surface area contributed by atoms with Crippen LogP contribution in [-0.2, 0) is 0 Å². The summed E-state index contributed by atoms with van der Waals surface area (Å²) in [5.74, 6) is 1.02. The Morgan fingerprint density at radius 1 is 0.960 bits per heavy atom. The van der Waals surface area contributed by atoms with Gasteiger partial charge in [0, 0.05) is 35.8 Å². The van der Waals surface area contributed by atoms with Crippen LogP contribution in [-0.4, -0.2) is 42.3 Å². The smallest absolute Gasteiger partial charge is 0.223 e. The zero-order chi connectivity index (χ0) is 17.1. The first-order valence-electron chi connectivity index (χ1n) is 7.51. The van der Waals surface area contributed by atoms with Crippen molar-refractivity contribution in [2.24, 2.45) is 0 Å². The molecule has 0 unspecified atom stereocenters. The predicted molar refractivity (Wildman–Crippen MR) is 90.0 cm³/mol. The van der Waals surface area contributed by atoms with Crippen molar-refractivity contribution in [2.75, 3.05) is 7.11 Å².